The number of aliphatic hydroxyl groups excluding tert-OH is 1. The quantitative estimate of drug-likeness (QED) is 0.491. The van der Waals surface area contributed by atoms with Crippen LogP contribution < -0.4 is 11.1 Å². The zero-order valence-corrected chi connectivity index (χ0v) is 8.84. The molecule has 0 saturated heterocycles. The summed E-state index contributed by atoms with van der Waals surface area (Å²) in [5, 5.41) is 20.4. The van der Waals surface area contributed by atoms with Crippen molar-refractivity contribution in [1.29, 1.82) is 0 Å². The van der Waals surface area contributed by atoms with E-state index in [9.17, 15) is 9.90 Å². The Morgan fingerprint density at radius 3 is 2.56 bits per heavy atom. The van der Waals surface area contributed by atoms with Gasteiger partial charge in [0.2, 0.25) is 0 Å². The van der Waals surface area contributed by atoms with E-state index in [1.807, 2.05) is 30.3 Å². The van der Waals surface area contributed by atoms with E-state index >= 15 is 0 Å². The van der Waals surface area contributed by atoms with Gasteiger partial charge in [-0.2, -0.15) is 0 Å². The van der Waals surface area contributed by atoms with Crippen molar-refractivity contribution in [2.24, 2.45) is 5.73 Å². The molecule has 0 aromatic heterocycles. The van der Waals surface area contributed by atoms with Crippen LogP contribution in [0.2, 0.25) is 0 Å². The molecular formula is C11H16N2O3. The van der Waals surface area contributed by atoms with Gasteiger partial charge in [0.15, 0.2) is 0 Å². The first-order chi connectivity index (χ1) is 7.59. The van der Waals surface area contributed by atoms with Crippen LogP contribution in [-0.4, -0.2) is 35.0 Å². The number of aliphatic hydroxyl groups is 1. The minimum atomic E-state index is -1.02. The molecule has 0 heterocycles. The highest BCUT2D eigenvalue weighted by Gasteiger charge is 2.15. The fourth-order valence-corrected chi connectivity index (χ4v) is 1.34. The molecule has 0 fully saturated rings. The van der Waals surface area contributed by atoms with Gasteiger partial charge in [-0.1, -0.05) is 30.3 Å². The van der Waals surface area contributed by atoms with E-state index in [0.29, 0.717) is 6.42 Å². The molecule has 0 aliphatic rings. The lowest BCUT2D eigenvalue weighted by Crippen LogP contribution is -2.47. The molecular weight excluding hydrogens is 208 g/mol. The van der Waals surface area contributed by atoms with Crippen LogP contribution in [0.1, 0.15) is 5.56 Å². The minimum Gasteiger partial charge on any atom is -0.480 e. The highest BCUT2D eigenvalue weighted by Crippen LogP contribution is 2.03. The van der Waals surface area contributed by atoms with Crippen molar-refractivity contribution < 1.29 is 15.0 Å². The van der Waals surface area contributed by atoms with Crippen LogP contribution in [0.5, 0.6) is 0 Å². The van der Waals surface area contributed by atoms with Crippen LogP contribution in [0.4, 0.5) is 0 Å². The second kappa shape index (κ2) is 6.22. The van der Waals surface area contributed by atoms with Gasteiger partial charge in [0.25, 0.3) is 0 Å². The van der Waals surface area contributed by atoms with Gasteiger partial charge < -0.3 is 15.9 Å². The number of rotatable bonds is 6. The van der Waals surface area contributed by atoms with E-state index in [4.69, 9.17) is 10.8 Å². The van der Waals surface area contributed by atoms with Crippen molar-refractivity contribution in [1.82, 2.24) is 5.32 Å². The smallest absolute Gasteiger partial charge is 0.317 e. The van der Waals surface area contributed by atoms with Gasteiger partial charge >= 0.3 is 5.97 Å². The summed E-state index contributed by atoms with van der Waals surface area (Å²) < 4.78 is 0. The zero-order valence-electron chi connectivity index (χ0n) is 8.84. The van der Waals surface area contributed by atoms with Gasteiger partial charge in [0.1, 0.15) is 6.23 Å². The number of hydrogen-bond donors (Lipinski definition) is 4. The normalized spacial score (nSPS) is 14.4. The number of nitrogens with one attached hydrogen (secondary N) is 1. The van der Waals surface area contributed by atoms with Crippen LogP contribution in [0.3, 0.4) is 0 Å². The summed E-state index contributed by atoms with van der Waals surface area (Å²) in [5.74, 6) is -1.02. The maximum Gasteiger partial charge on any atom is 0.317 e. The molecule has 0 amide bonds. The summed E-state index contributed by atoms with van der Waals surface area (Å²) in [6, 6.07) is 8.96. The second-order valence-corrected chi connectivity index (χ2v) is 3.57. The molecule has 2 atom stereocenters. The Morgan fingerprint density at radius 1 is 1.38 bits per heavy atom. The van der Waals surface area contributed by atoms with Crippen LogP contribution in [0, 0.1) is 0 Å². The van der Waals surface area contributed by atoms with Crippen molar-refractivity contribution in [3.05, 3.63) is 35.9 Å². The third kappa shape index (κ3) is 4.39. The number of carboxylic acid groups (broad SMARTS) is 1. The van der Waals surface area contributed by atoms with Crippen molar-refractivity contribution in [3.63, 3.8) is 0 Å². The van der Waals surface area contributed by atoms with Crippen molar-refractivity contribution in [2.45, 2.75) is 18.7 Å². The van der Waals surface area contributed by atoms with E-state index in [2.05, 4.69) is 5.32 Å². The van der Waals surface area contributed by atoms with Gasteiger partial charge in [-0.05, 0) is 12.0 Å². The minimum absolute atomic E-state index is 0.302. The van der Waals surface area contributed by atoms with Crippen molar-refractivity contribution >= 4 is 5.97 Å². The van der Waals surface area contributed by atoms with Gasteiger partial charge in [-0.3, -0.25) is 10.1 Å². The second-order valence-electron chi connectivity index (χ2n) is 3.57. The first-order valence-corrected chi connectivity index (χ1v) is 5.02. The molecule has 0 aliphatic carbocycles. The molecule has 0 aliphatic heterocycles. The third-order valence-electron chi connectivity index (χ3n) is 2.18. The van der Waals surface area contributed by atoms with E-state index in [1.54, 1.807) is 0 Å². The van der Waals surface area contributed by atoms with E-state index in [1.165, 1.54) is 0 Å². The van der Waals surface area contributed by atoms with Crippen molar-refractivity contribution in [3.8, 4) is 0 Å². The fraction of sp³-hybridized carbons (Fsp3) is 0.364. The Morgan fingerprint density at radius 2 is 2.00 bits per heavy atom. The molecule has 16 heavy (non-hydrogen) atoms. The van der Waals surface area contributed by atoms with E-state index < -0.39 is 18.2 Å². The summed E-state index contributed by atoms with van der Waals surface area (Å²) in [4.78, 5) is 10.3. The zero-order chi connectivity index (χ0) is 12.0. The Hall–Kier alpha value is -1.43. The third-order valence-corrected chi connectivity index (χ3v) is 2.18. The van der Waals surface area contributed by atoms with Gasteiger partial charge in [0.05, 0.1) is 6.54 Å². The predicted octanol–water partition coefficient (Wildman–Crippen LogP) is -0.451. The standard InChI is InChI=1S/C11H16N2O3/c12-9(11(16)13-7-10(14)15)6-8-4-2-1-3-5-8/h1-5,9,11,13,16H,6-7,12H2,(H,14,15). The van der Waals surface area contributed by atoms with Gasteiger partial charge in [-0.15, -0.1) is 0 Å². The summed E-state index contributed by atoms with van der Waals surface area (Å²) in [6.07, 6.45) is -0.523. The summed E-state index contributed by atoms with van der Waals surface area (Å²) in [6.45, 7) is -0.302. The Balaban J connectivity index is 2.39. The Kier molecular flexibility index (Phi) is 4.91. The number of benzene rings is 1. The lowest BCUT2D eigenvalue weighted by molar-refractivity contribution is -0.136. The molecule has 1 aromatic rings. The molecule has 88 valence electrons. The lowest BCUT2D eigenvalue weighted by atomic mass is 10.1. The number of hydrogen-bond acceptors (Lipinski definition) is 4. The molecule has 5 nitrogen and oxygen atoms in total. The summed E-state index contributed by atoms with van der Waals surface area (Å²) >= 11 is 0. The molecule has 0 radical (unpaired) electrons. The Bertz CT molecular complexity index is 329. The molecule has 1 aromatic carbocycles. The molecule has 1 rings (SSSR count). The van der Waals surface area contributed by atoms with Gasteiger partial charge in [0, 0.05) is 6.04 Å². The topological polar surface area (TPSA) is 95.6 Å². The Labute approximate surface area is 93.9 Å². The molecule has 5 N–H and O–H groups in total. The SMILES string of the molecule is NC(Cc1ccccc1)C(O)NCC(=O)O. The number of carboxylic acids is 1. The molecule has 2 unspecified atom stereocenters. The summed E-state index contributed by atoms with van der Waals surface area (Å²) in [7, 11) is 0. The molecule has 0 bridgehead atoms. The molecule has 5 heteroatoms. The monoisotopic (exact) mass is 224 g/mol. The van der Waals surface area contributed by atoms with Crippen LogP contribution in [-0.2, 0) is 11.2 Å². The highest BCUT2D eigenvalue weighted by molar-refractivity contribution is 5.69. The van der Waals surface area contributed by atoms with Crippen LogP contribution in [0.15, 0.2) is 30.3 Å². The maximum atomic E-state index is 10.3. The van der Waals surface area contributed by atoms with Crippen LogP contribution >= 0.6 is 0 Å². The average Bonchev–Trinajstić information content (AvgIpc) is 2.27. The first-order valence-electron chi connectivity index (χ1n) is 5.02. The van der Waals surface area contributed by atoms with E-state index in [0.717, 1.165) is 5.56 Å². The van der Waals surface area contributed by atoms with E-state index in [-0.39, 0.29) is 6.54 Å². The number of carbonyl (C=O) groups is 1. The van der Waals surface area contributed by atoms with Crippen LogP contribution in [0.25, 0.3) is 0 Å². The average molecular weight is 224 g/mol. The highest BCUT2D eigenvalue weighted by atomic mass is 16.4. The molecule has 0 saturated carbocycles. The predicted molar refractivity (Wildman–Crippen MR) is 59.8 cm³/mol. The summed E-state index contributed by atoms with van der Waals surface area (Å²) in [5.41, 5.74) is 6.74. The number of nitrogens with two attached hydrogens (primary N) is 1. The largest absolute Gasteiger partial charge is 0.480 e. The molecule has 0 spiro atoms. The van der Waals surface area contributed by atoms with Crippen molar-refractivity contribution in [2.75, 3.05) is 6.54 Å². The maximum absolute atomic E-state index is 10.3. The lowest BCUT2D eigenvalue weighted by Gasteiger charge is -2.19. The first kappa shape index (κ1) is 12.6. The number of aliphatic carboxylic acids is 1. The fourth-order valence-electron chi connectivity index (χ4n) is 1.34. The van der Waals surface area contributed by atoms with Gasteiger partial charge in [-0.25, -0.2) is 0 Å².